The van der Waals surface area contributed by atoms with Crippen LogP contribution in [0.5, 0.6) is 0 Å². The highest BCUT2D eigenvalue weighted by molar-refractivity contribution is 6.00. The van der Waals surface area contributed by atoms with Crippen LogP contribution in [0.4, 0.5) is 14.5 Å². The Morgan fingerprint density at radius 1 is 1.38 bits per heavy atom. The maximum atomic E-state index is 13.2. The number of amides is 1. The minimum atomic E-state index is -2.53. The number of oxazole rings is 1. The lowest BCUT2D eigenvalue weighted by Crippen LogP contribution is -2.23. The first-order chi connectivity index (χ1) is 11.5. The van der Waals surface area contributed by atoms with Gasteiger partial charge in [0.2, 0.25) is 11.8 Å². The molecule has 126 valence electrons. The summed E-state index contributed by atoms with van der Waals surface area (Å²) >= 11 is 0. The highest BCUT2D eigenvalue weighted by atomic mass is 19.3. The monoisotopic (exact) mass is 332 g/mol. The Kier molecular flexibility index (Phi) is 4.46. The topological polar surface area (TPSA) is 55.1 Å². The average Bonchev–Trinajstić information content (AvgIpc) is 3.02. The van der Waals surface area contributed by atoms with Crippen molar-refractivity contribution >= 4 is 28.8 Å². The Morgan fingerprint density at radius 2 is 2.12 bits per heavy atom. The molecule has 1 N–H and O–H groups in total. The molecule has 1 aliphatic rings. The van der Waals surface area contributed by atoms with Gasteiger partial charge in [-0.3, -0.25) is 4.79 Å². The fourth-order valence-electron chi connectivity index (χ4n) is 2.88. The summed E-state index contributed by atoms with van der Waals surface area (Å²) in [6.45, 7) is 3.42. The van der Waals surface area contributed by atoms with Crippen molar-refractivity contribution in [1.82, 2.24) is 4.98 Å². The molecule has 0 saturated heterocycles. The second kappa shape index (κ2) is 6.55. The summed E-state index contributed by atoms with van der Waals surface area (Å²) in [4.78, 5) is 15.6. The molecule has 0 bridgehead atoms. The van der Waals surface area contributed by atoms with Crippen molar-refractivity contribution < 1.29 is 18.0 Å². The maximum Gasteiger partial charge on any atom is 0.248 e. The lowest BCUT2D eigenvalue weighted by Gasteiger charge is -2.26. The fourth-order valence-corrected chi connectivity index (χ4v) is 2.88. The van der Waals surface area contributed by atoms with Crippen molar-refractivity contribution in [2.45, 2.75) is 31.6 Å². The van der Waals surface area contributed by atoms with E-state index >= 15 is 0 Å². The third kappa shape index (κ3) is 3.69. The molecular weight excluding hydrogens is 314 g/mol. The molecular formula is C18H18F2N2O2. The molecule has 1 aliphatic carbocycles. The number of hydrogen-bond acceptors (Lipinski definition) is 3. The Labute approximate surface area is 138 Å². The van der Waals surface area contributed by atoms with E-state index in [1.54, 1.807) is 12.1 Å². The summed E-state index contributed by atoms with van der Waals surface area (Å²) in [7, 11) is 0. The van der Waals surface area contributed by atoms with Crippen LogP contribution in [-0.4, -0.2) is 16.8 Å². The second-order valence-electron chi connectivity index (χ2n) is 6.01. The van der Waals surface area contributed by atoms with E-state index in [0.717, 1.165) is 5.56 Å². The first kappa shape index (κ1) is 16.4. The number of anilines is 1. The van der Waals surface area contributed by atoms with E-state index < -0.39 is 5.92 Å². The van der Waals surface area contributed by atoms with Crippen molar-refractivity contribution in [2.24, 2.45) is 5.92 Å². The van der Waals surface area contributed by atoms with Crippen molar-refractivity contribution in [3.05, 3.63) is 42.8 Å². The van der Waals surface area contributed by atoms with Crippen molar-refractivity contribution in [3.8, 4) is 0 Å². The molecule has 24 heavy (non-hydrogen) atoms. The van der Waals surface area contributed by atoms with Gasteiger partial charge in [-0.15, -0.1) is 0 Å². The number of carbonyl (C=O) groups is 1. The molecule has 1 amide bonds. The molecule has 1 aromatic carbocycles. The summed E-state index contributed by atoms with van der Waals surface area (Å²) in [5, 5.41) is 2.69. The van der Waals surface area contributed by atoms with Crippen LogP contribution >= 0.6 is 0 Å². The summed E-state index contributed by atoms with van der Waals surface area (Å²) in [6.07, 6.45) is 7.10. The molecule has 3 rings (SSSR count). The van der Waals surface area contributed by atoms with E-state index in [0.29, 0.717) is 29.6 Å². The number of carbonyl (C=O) groups excluding carboxylic acids is 1. The van der Waals surface area contributed by atoms with Crippen LogP contribution in [0, 0.1) is 5.92 Å². The summed E-state index contributed by atoms with van der Waals surface area (Å²) in [6, 6.07) is 3.47. The standard InChI is InChI=1S/C18H18F2N2O2/c1-2-16(23)22-14-9-13(17-15(10-14)21-11-24-17)4-3-12-5-7-18(19,20)8-6-12/h2-4,9-12H,1,5-8H2,(H,22,23)/b4-3+. The van der Waals surface area contributed by atoms with Crippen LogP contribution in [-0.2, 0) is 4.79 Å². The number of benzene rings is 1. The molecule has 1 fully saturated rings. The first-order valence-corrected chi connectivity index (χ1v) is 7.83. The van der Waals surface area contributed by atoms with Crippen LogP contribution < -0.4 is 5.32 Å². The normalized spacial score (nSPS) is 18.1. The number of halogens is 2. The second-order valence-corrected chi connectivity index (χ2v) is 6.01. The van der Waals surface area contributed by atoms with E-state index in [-0.39, 0.29) is 24.7 Å². The lowest BCUT2D eigenvalue weighted by atomic mass is 9.86. The number of nitrogens with zero attached hydrogens (tertiary/aromatic N) is 1. The SMILES string of the molecule is C=CC(=O)Nc1cc(/C=C/C2CCC(F)(F)CC2)c2ocnc2c1. The summed E-state index contributed by atoms with van der Waals surface area (Å²) in [5.74, 6) is -2.73. The molecule has 2 aromatic rings. The highest BCUT2D eigenvalue weighted by Gasteiger charge is 2.33. The third-order valence-electron chi connectivity index (χ3n) is 4.22. The van der Waals surface area contributed by atoms with Gasteiger partial charge in [-0.1, -0.05) is 18.7 Å². The molecule has 0 atom stereocenters. The summed E-state index contributed by atoms with van der Waals surface area (Å²) in [5.41, 5.74) is 2.55. The van der Waals surface area contributed by atoms with Gasteiger partial charge >= 0.3 is 0 Å². The Bertz CT molecular complexity index is 785. The van der Waals surface area contributed by atoms with Gasteiger partial charge in [0, 0.05) is 24.1 Å². The van der Waals surface area contributed by atoms with Crippen LogP contribution in [0.2, 0.25) is 0 Å². The van der Waals surface area contributed by atoms with E-state index in [4.69, 9.17) is 4.42 Å². The smallest absolute Gasteiger partial charge is 0.248 e. The quantitative estimate of drug-likeness (QED) is 0.819. The van der Waals surface area contributed by atoms with Gasteiger partial charge in [-0.2, -0.15) is 0 Å². The minimum absolute atomic E-state index is 0.0742. The Balaban J connectivity index is 1.82. The predicted octanol–water partition coefficient (Wildman–Crippen LogP) is 4.79. The van der Waals surface area contributed by atoms with Crippen molar-refractivity contribution in [1.29, 1.82) is 0 Å². The molecule has 0 aliphatic heterocycles. The molecule has 1 heterocycles. The van der Waals surface area contributed by atoms with Crippen LogP contribution in [0.1, 0.15) is 31.2 Å². The number of allylic oxidation sites excluding steroid dienone is 1. The van der Waals surface area contributed by atoms with E-state index in [2.05, 4.69) is 16.9 Å². The van der Waals surface area contributed by atoms with Gasteiger partial charge < -0.3 is 9.73 Å². The molecule has 0 unspecified atom stereocenters. The summed E-state index contributed by atoms with van der Waals surface area (Å²) < 4.78 is 31.8. The van der Waals surface area contributed by atoms with E-state index in [9.17, 15) is 13.6 Å². The lowest BCUT2D eigenvalue weighted by molar-refractivity contribution is -0.111. The van der Waals surface area contributed by atoms with Crippen LogP contribution in [0.25, 0.3) is 17.2 Å². The molecule has 4 nitrogen and oxygen atoms in total. The van der Waals surface area contributed by atoms with Gasteiger partial charge in [0.05, 0.1) is 0 Å². The number of rotatable bonds is 4. The van der Waals surface area contributed by atoms with Crippen LogP contribution in [0.3, 0.4) is 0 Å². The Hall–Kier alpha value is -2.50. The van der Waals surface area contributed by atoms with Gasteiger partial charge in [-0.25, -0.2) is 13.8 Å². The largest absolute Gasteiger partial charge is 0.443 e. The molecule has 1 aromatic heterocycles. The number of nitrogens with one attached hydrogen (secondary N) is 1. The van der Waals surface area contributed by atoms with E-state index in [1.165, 1.54) is 12.5 Å². The Morgan fingerprint density at radius 3 is 2.83 bits per heavy atom. The molecule has 0 radical (unpaired) electrons. The van der Waals surface area contributed by atoms with Crippen LogP contribution in [0.15, 0.2) is 41.7 Å². The molecule has 0 spiro atoms. The third-order valence-corrected chi connectivity index (χ3v) is 4.22. The predicted molar refractivity (Wildman–Crippen MR) is 88.8 cm³/mol. The minimum Gasteiger partial charge on any atom is -0.443 e. The average molecular weight is 332 g/mol. The number of hydrogen-bond donors (Lipinski definition) is 1. The molecule has 1 saturated carbocycles. The van der Waals surface area contributed by atoms with E-state index in [1.807, 2.05) is 12.2 Å². The van der Waals surface area contributed by atoms with Crippen molar-refractivity contribution in [3.63, 3.8) is 0 Å². The fraction of sp³-hybridized carbons (Fsp3) is 0.333. The van der Waals surface area contributed by atoms with Gasteiger partial charge in [0.15, 0.2) is 12.0 Å². The van der Waals surface area contributed by atoms with Crippen molar-refractivity contribution in [2.75, 3.05) is 5.32 Å². The zero-order valence-electron chi connectivity index (χ0n) is 13.1. The molecule has 6 heteroatoms. The highest BCUT2D eigenvalue weighted by Crippen LogP contribution is 2.37. The number of alkyl halides is 2. The maximum absolute atomic E-state index is 13.2. The zero-order valence-corrected chi connectivity index (χ0v) is 13.1. The van der Waals surface area contributed by atoms with Gasteiger partial charge in [0.1, 0.15) is 5.52 Å². The zero-order chi connectivity index (χ0) is 17.2. The van der Waals surface area contributed by atoms with Gasteiger partial charge in [-0.05, 0) is 37.0 Å². The first-order valence-electron chi connectivity index (χ1n) is 7.83. The van der Waals surface area contributed by atoms with Gasteiger partial charge in [0.25, 0.3) is 0 Å². The number of fused-ring (bicyclic) bond motifs is 1. The number of aromatic nitrogens is 1.